The second-order valence-electron chi connectivity index (χ2n) is 10.7. The molecule has 1 atom stereocenters. The molecule has 2 aromatic carbocycles. The van der Waals surface area contributed by atoms with E-state index in [0.29, 0.717) is 29.4 Å². The molecule has 10 nitrogen and oxygen atoms in total. The van der Waals surface area contributed by atoms with Crippen molar-refractivity contribution in [3.8, 4) is 5.75 Å². The number of hydrogen-bond acceptors (Lipinski definition) is 7. The van der Waals surface area contributed by atoms with E-state index in [4.69, 9.17) is 10.5 Å². The van der Waals surface area contributed by atoms with Gasteiger partial charge in [0.15, 0.2) is 0 Å². The number of carbonyl (C=O) groups excluding carboxylic acids is 4. The molecule has 0 radical (unpaired) electrons. The van der Waals surface area contributed by atoms with Gasteiger partial charge in [0.25, 0.3) is 5.91 Å². The zero-order valence-electron chi connectivity index (χ0n) is 22.8. The first-order valence-corrected chi connectivity index (χ1v) is 13.8. The van der Waals surface area contributed by atoms with Gasteiger partial charge in [-0.3, -0.25) is 24.1 Å². The molecular weight excluding hydrogens is 512 g/mol. The van der Waals surface area contributed by atoms with Crippen molar-refractivity contribution >= 4 is 23.7 Å². The molecule has 0 aromatic heterocycles. The predicted molar refractivity (Wildman–Crippen MR) is 146 cm³/mol. The number of primary amides is 1. The number of esters is 1. The molecule has 2 N–H and O–H groups in total. The standard InChI is InChI=1S/C30H36N4O6/c1-39-27(35)12-11-25(28(31)36)34-18-24-23(30(34)38)3-2-4-26(24)40-19-21-7-5-20(6-8-21)17-32-13-15-33(16-14-32)29(37)22-9-10-22/h2-8,22,25H,9-19H2,1H3,(H2,31,36). The Labute approximate surface area is 234 Å². The van der Waals surface area contributed by atoms with Crippen LogP contribution < -0.4 is 10.5 Å². The number of rotatable bonds is 11. The molecule has 2 fully saturated rings. The van der Waals surface area contributed by atoms with Crippen molar-refractivity contribution in [2.45, 2.75) is 51.4 Å². The highest BCUT2D eigenvalue weighted by Crippen LogP contribution is 2.34. The fourth-order valence-corrected chi connectivity index (χ4v) is 5.40. The SMILES string of the molecule is COC(=O)CCC(C(N)=O)N1Cc2c(OCc3ccc(CN4CCN(C(=O)C5CC5)CC4)cc3)cccc2C1=O. The number of benzene rings is 2. The Morgan fingerprint density at radius 1 is 1.00 bits per heavy atom. The van der Waals surface area contributed by atoms with Gasteiger partial charge in [-0.05, 0) is 42.5 Å². The molecule has 1 saturated carbocycles. The summed E-state index contributed by atoms with van der Waals surface area (Å²) in [6.07, 6.45) is 2.18. The maximum absolute atomic E-state index is 13.1. The molecule has 0 bridgehead atoms. The molecule has 3 amide bonds. The van der Waals surface area contributed by atoms with Gasteiger partial charge in [0, 0.05) is 56.2 Å². The lowest BCUT2D eigenvalue weighted by Crippen LogP contribution is -2.48. The number of nitrogens with two attached hydrogens (primary N) is 1. The van der Waals surface area contributed by atoms with E-state index < -0.39 is 17.9 Å². The van der Waals surface area contributed by atoms with E-state index in [1.54, 1.807) is 12.1 Å². The van der Waals surface area contributed by atoms with Gasteiger partial charge in [0.05, 0.1) is 13.7 Å². The average Bonchev–Trinajstić information content (AvgIpc) is 3.76. The van der Waals surface area contributed by atoms with Gasteiger partial charge in [0.2, 0.25) is 11.8 Å². The zero-order chi connectivity index (χ0) is 28.2. The highest BCUT2D eigenvalue weighted by molar-refractivity contribution is 6.01. The molecule has 2 heterocycles. The van der Waals surface area contributed by atoms with Gasteiger partial charge < -0.3 is 25.0 Å². The summed E-state index contributed by atoms with van der Waals surface area (Å²) in [6.45, 7) is 4.72. The van der Waals surface area contributed by atoms with Crippen LogP contribution in [0.5, 0.6) is 5.75 Å². The zero-order valence-corrected chi connectivity index (χ0v) is 22.8. The first-order chi connectivity index (χ1) is 19.3. The van der Waals surface area contributed by atoms with Crippen LogP contribution in [-0.4, -0.2) is 77.7 Å². The van der Waals surface area contributed by atoms with Crippen LogP contribution in [0.25, 0.3) is 0 Å². The molecule has 1 saturated heterocycles. The molecule has 3 aliphatic rings. The third-order valence-electron chi connectivity index (χ3n) is 7.94. The number of nitrogens with zero attached hydrogens (tertiary/aromatic N) is 3. The Balaban J connectivity index is 1.15. The summed E-state index contributed by atoms with van der Waals surface area (Å²) in [5, 5.41) is 0. The van der Waals surface area contributed by atoms with Gasteiger partial charge in [-0.15, -0.1) is 0 Å². The number of amides is 3. The van der Waals surface area contributed by atoms with Crippen molar-refractivity contribution in [3.63, 3.8) is 0 Å². The molecule has 212 valence electrons. The number of methoxy groups -OCH3 is 1. The lowest BCUT2D eigenvalue weighted by Gasteiger charge is -2.35. The molecule has 5 rings (SSSR count). The second kappa shape index (κ2) is 12.1. The van der Waals surface area contributed by atoms with E-state index in [9.17, 15) is 19.2 Å². The van der Waals surface area contributed by atoms with Crippen LogP contribution in [0.15, 0.2) is 42.5 Å². The average molecular weight is 549 g/mol. The van der Waals surface area contributed by atoms with Crippen LogP contribution in [0.3, 0.4) is 0 Å². The number of fused-ring (bicyclic) bond motifs is 1. The van der Waals surface area contributed by atoms with E-state index in [1.807, 2.05) is 23.1 Å². The van der Waals surface area contributed by atoms with Crippen molar-refractivity contribution in [2.24, 2.45) is 11.7 Å². The third-order valence-corrected chi connectivity index (χ3v) is 7.94. The molecule has 2 aliphatic heterocycles. The van der Waals surface area contributed by atoms with Crippen LogP contribution >= 0.6 is 0 Å². The van der Waals surface area contributed by atoms with Crippen molar-refractivity contribution in [2.75, 3.05) is 33.3 Å². The van der Waals surface area contributed by atoms with Crippen molar-refractivity contribution in [3.05, 3.63) is 64.7 Å². The molecule has 10 heteroatoms. The van der Waals surface area contributed by atoms with Crippen molar-refractivity contribution in [1.29, 1.82) is 0 Å². The van der Waals surface area contributed by atoms with Crippen LogP contribution in [0, 0.1) is 5.92 Å². The minimum Gasteiger partial charge on any atom is -0.489 e. The number of ether oxygens (including phenoxy) is 2. The van der Waals surface area contributed by atoms with Crippen LogP contribution in [0.2, 0.25) is 0 Å². The van der Waals surface area contributed by atoms with Gasteiger partial charge in [-0.2, -0.15) is 0 Å². The topological polar surface area (TPSA) is 122 Å². The second-order valence-corrected chi connectivity index (χ2v) is 10.7. The van der Waals surface area contributed by atoms with E-state index in [0.717, 1.165) is 51.1 Å². The predicted octanol–water partition coefficient (Wildman–Crippen LogP) is 2.08. The van der Waals surface area contributed by atoms with Crippen LogP contribution in [-0.2, 0) is 38.8 Å². The Morgan fingerprint density at radius 2 is 1.70 bits per heavy atom. The summed E-state index contributed by atoms with van der Waals surface area (Å²) in [6, 6.07) is 12.6. The summed E-state index contributed by atoms with van der Waals surface area (Å²) in [4.78, 5) is 54.9. The van der Waals surface area contributed by atoms with E-state index >= 15 is 0 Å². The largest absolute Gasteiger partial charge is 0.489 e. The molecule has 2 aromatic rings. The molecule has 0 spiro atoms. The maximum Gasteiger partial charge on any atom is 0.305 e. The summed E-state index contributed by atoms with van der Waals surface area (Å²) in [5.74, 6) is -0.253. The smallest absolute Gasteiger partial charge is 0.305 e. The minimum atomic E-state index is -0.916. The van der Waals surface area contributed by atoms with Gasteiger partial charge in [-0.25, -0.2) is 0 Å². The lowest BCUT2D eigenvalue weighted by atomic mass is 10.1. The van der Waals surface area contributed by atoms with E-state index in [-0.39, 0.29) is 31.2 Å². The highest BCUT2D eigenvalue weighted by atomic mass is 16.5. The summed E-state index contributed by atoms with van der Waals surface area (Å²) >= 11 is 0. The quantitative estimate of drug-likeness (QED) is 0.427. The van der Waals surface area contributed by atoms with Gasteiger partial charge >= 0.3 is 5.97 Å². The van der Waals surface area contributed by atoms with Crippen LogP contribution in [0.4, 0.5) is 0 Å². The fourth-order valence-electron chi connectivity index (χ4n) is 5.40. The molecule has 1 aliphatic carbocycles. The summed E-state index contributed by atoms with van der Waals surface area (Å²) < 4.78 is 10.8. The minimum absolute atomic E-state index is 0.0140. The molecule has 1 unspecified atom stereocenters. The third kappa shape index (κ3) is 6.28. The summed E-state index contributed by atoms with van der Waals surface area (Å²) in [5.41, 5.74) is 8.95. The molecular formula is C30H36N4O6. The number of hydrogen-bond donors (Lipinski definition) is 1. The van der Waals surface area contributed by atoms with E-state index in [1.165, 1.54) is 17.6 Å². The Hall–Kier alpha value is -3.92. The lowest BCUT2D eigenvalue weighted by molar-refractivity contribution is -0.141. The van der Waals surface area contributed by atoms with Crippen molar-refractivity contribution in [1.82, 2.24) is 14.7 Å². The van der Waals surface area contributed by atoms with Crippen LogP contribution in [0.1, 0.15) is 52.7 Å². The van der Waals surface area contributed by atoms with Crippen molar-refractivity contribution < 1.29 is 28.7 Å². The normalized spacial score (nSPS) is 17.9. The Bertz CT molecular complexity index is 1270. The monoisotopic (exact) mass is 548 g/mol. The van der Waals surface area contributed by atoms with Gasteiger partial charge in [0.1, 0.15) is 18.4 Å². The van der Waals surface area contributed by atoms with E-state index in [2.05, 4.69) is 21.8 Å². The molecule has 40 heavy (non-hydrogen) atoms. The Kier molecular flexibility index (Phi) is 8.35. The fraction of sp³-hybridized carbons (Fsp3) is 0.467. The Morgan fingerprint density at radius 3 is 2.35 bits per heavy atom. The highest BCUT2D eigenvalue weighted by Gasteiger charge is 2.37. The number of carbonyl (C=O) groups is 4. The summed E-state index contributed by atoms with van der Waals surface area (Å²) in [7, 11) is 1.28. The first-order valence-electron chi connectivity index (χ1n) is 13.8. The number of piperazine rings is 1. The maximum atomic E-state index is 13.1. The van der Waals surface area contributed by atoms with Gasteiger partial charge in [-0.1, -0.05) is 30.3 Å². The first kappa shape index (κ1) is 27.6.